The monoisotopic (exact) mass is 153 g/mol. The van der Waals surface area contributed by atoms with Crippen LogP contribution in [0, 0.1) is 0 Å². The molecule has 0 saturated carbocycles. The molecule has 1 aromatic heterocycles. The maximum Gasteiger partial charge on any atom is 0.195 e. The third-order valence-electron chi connectivity index (χ3n) is 1.45. The summed E-state index contributed by atoms with van der Waals surface area (Å²) in [5, 5.41) is 2.86. The van der Waals surface area contributed by atoms with E-state index in [0.29, 0.717) is 5.82 Å². The van der Waals surface area contributed by atoms with Crippen molar-refractivity contribution in [1.29, 1.82) is 0 Å². The molecule has 0 radical (unpaired) electrons. The summed E-state index contributed by atoms with van der Waals surface area (Å²) in [6, 6.07) is 0. The van der Waals surface area contributed by atoms with Gasteiger partial charge in [0.05, 0.1) is 0 Å². The van der Waals surface area contributed by atoms with Crippen molar-refractivity contribution in [2.24, 2.45) is 7.05 Å². The second kappa shape index (κ2) is 2.74. The Morgan fingerprint density at radius 1 is 1.73 bits per heavy atom. The molecule has 0 amide bonds. The first-order valence-electron chi connectivity index (χ1n) is 3.37. The van der Waals surface area contributed by atoms with Crippen LogP contribution < -0.4 is 5.32 Å². The number of hydrogen-bond donors (Lipinski definition) is 1. The fourth-order valence-electron chi connectivity index (χ4n) is 0.914. The highest BCUT2D eigenvalue weighted by Gasteiger charge is 2.07. The molecular formula is C7H11N3O. The van der Waals surface area contributed by atoms with Gasteiger partial charge in [0.1, 0.15) is 5.82 Å². The molecule has 4 nitrogen and oxygen atoms in total. The van der Waals surface area contributed by atoms with E-state index in [1.54, 1.807) is 24.9 Å². The fraction of sp³-hybridized carbons (Fsp3) is 0.429. The van der Waals surface area contributed by atoms with Crippen LogP contribution in [0.3, 0.4) is 0 Å². The predicted octanol–water partition coefficient (Wildman–Crippen LogP) is 0.664. The number of Topliss-reactive ketones (excluding diaryl/α,β-unsaturated/α-hetero) is 1. The van der Waals surface area contributed by atoms with Crippen LogP contribution in [0.1, 0.15) is 17.5 Å². The fourth-order valence-corrected chi connectivity index (χ4v) is 0.914. The van der Waals surface area contributed by atoms with E-state index >= 15 is 0 Å². The molecule has 0 aromatic carbocycles. The summed E-state index contributed by atoms with van der Waals surface area (Å²) >= 11 is 0. The number of aryl methyl sites for hydroxylation is 1. The maximum atomic E-state index is 10.9. The summed E-state index contributed by atoms with van der Waals surface area (Å²) in [6.07, 6.45) is 1.77. The first kappa shape index (κ1) is 7.78. The summed E-state index contributed by atoms with van der Waals surface area (Å²) < 4.78 is 1.70. The molecule has 0 aliphatic heterocycles. The van der Waals surface area contributed by atoms with E-state index in [2.05, 4.69) is 10.3 Å². The third-order valence-corrected chi connectivity index (χ3v) is 1.45. The minimum absolute atomic E-state index is 0.0194. The number of hydrogen-bond acceptors (Lipinski definition) is 3. The van der Waals surface area contributed by atoms with Gasteiger partial charge in [-0.2, -0.15) is 0 Å². The van der Waals surface area contributed by atoms with E-state index in [1.165, 1.54) is 6.92 Å². The second-order valence-corrected chi connectivity index (χ2v) is 2.37. The van der Waals surface area contributed by atoms with Gasteiger partial charge in [-0.25, -0.2) is 4.98 Å². The molecule has 4 heteroatoms. The van der Waals surface area contributed by atoms with E-state index in [0.717, 1.165) is 5.82 Å². The molecule has 1 rings (SSSR count). The van der Waals surface area contributed by atoms with Crippen molar-refractivity contribution in [3.05, 3.63) is 12.0 Å². The van der Waals surface area contributed by atoms with Gasteiger partial charge in [0.15, 0.2) is 11.6 Å². The third kappa shape index (κ3) is 1.39. The molecule has 0 spiro atoms. The molecule has 0 aliphatic rings. The van der Waals surface area contributed by atoms with Gasteiger partial charge in [0.25, 0.3) is 0 Å². The molecule has 0 unspecified atom stereocenters. The highest BCUT2D eigenvalue weighted by atomic mass is 16.1. The Hall–Kier alpha value is -1.32. The molecule has 0 fully saturated rings. The van der Waals surface area contributed by atoms with Crippen molar-refractivity contribution < 1.29 is 4.79 Å². The standard InChI is InChI=1S/C7H11N3O/c1-5(11)7-9-6(8-2)4-10(7)3/h4,8H,1-3H3. The highest BCUT2D eigenvalue weighted by Crippen LogP contribution is 2.05. The quantitative estimate of drug-likeness (QED) is 0.635. The van der Waals surface area contributed by atoms with Gasteiger partial charge in [-0.05, 0) is 0 Å². The number of ketones is 1. The Morgan fingerprint density at radius 2 is 2.36 bits per heavy atom. The van der Waals surface area contributed by atoms with Gasteiger partial charge >= 0.3 is 0 Å². The number of anilines is 1. The van der Waals surface area contributed by atoms with Crippen molar-refractivity contribution in [1.82, 2.24) is 9.55 Å². The lowest BCUT2D eigenvalue weighted by Crippen LogP contribution is -2.02. The van der Waals surface area contributed by atoms with Crippen molar-refractivity contribution in [3.8, 4) is 0 Å². The zero-order valence-corrected chi connectivity index (χ0v) is 6.88. The van der Waals surface area contributed by atoms with Gasteiger partial charge in [-0.3, -0.25) is 4.79 Å². The smallest absolute Gasteiger partial charge is 0.195 e. The van der Waals surface area contributed by atoms with Gasteiger partial charge in [-0.1, -0.05) is 0 Å². The maximum absolute atomic E-state index is 10.9. The Balaban J connectivity index is 3.07. The zero-order valence-electron chi connectivity index (χ0n) is 6.88. The highest BCUT2D eigenvalue weighted by molar-refractivity contribution is 5.91. The van der Waals surface area contributed by atoms with Crippen molar-refractivity contribution in [2.75, 3.05) is 12.4 Å². The molecule has 1 aromatic rings. The van der Waals surface area contributed by atoms with E-state index in [1.807, 2.05) is 0 Å². The normalized spacial score (nSPS) is 9.73. The Kier molecular flexibility index (Phi) is 1.94. The molecular weight excluding hydrogens is 142 g/mol. The lowest BCUT2D eigenvalue weighted by atomic mass is 10.4. The molecule has 60 valence electrons. The second-order valence-electron chi connectivity index (χ2n) is 2.37. The molecule has 1 N–H and O–H groups in total. The SMILES string of the molecule is CNc1cn(C)c(C(C)=O)n1. The number of nitrogens with zero attached hydrogens (tertiary/aromatic N) is 2. The van der Waals surface area contributed by atoms with Gasteiger partial charge in [-0.15, -0.1) is 0 Å². The average molecular weight is 153 g/mol. The minimum atomic E-state index is -0.0194. The summed E-state index contributed by atoms with van der Waals surface area (Å²) in [4.78, 5) is 14.9. The summed E-state index contributed by atoms with van der Waals surface area (Å²) in [6.45, 7) is 1.50. The number of nitrogens with one attached hydrogen (secondary N) is 1. The Labute approximate surface area is 65.2 Å². The van der Waals surface area contributed by atoms with E-state index in [4.69, 9.17) is 0 Å². The number of carbonyl (C=O) groups is 1. The summed E-state index contributed by atoms with van der Waals surface area (Å²) in [5.74, 6) is 1.18. The minimum Gasteiger partial charge on any atom is -0.372 e. The van der Waals surface area contributed by atoms with Crippen LogP contribution in [0.5, 0.6) is 0 Å². The van der Waals surface area contributed by atoms with Crippen LogP contribution in [0.2, 0.25) is 0 Å². The summed E-state index contributed by atoms with van der Waals surface area (Å²) in [7, 11) is 3.57. The van der Waals surface area contributed by atoms with Crippen molar-refractivity contribution >= 4 is 11.6 Å². The number of carbonyl (C=O) groups excluding carboxylic acids is 1. The van der Waals surface area contributed by atoms with Crippen LogP contribution in [0.4, 0.5) is 5.82 Å². The number of imidazole rings is 1. The first-order valence-corrected chi connectivity index (χ1v) is 3.37. The number of aromatic nitrogens is 2. The number of rotatable bonds is 2. The molecule has 0 atom stereocenters. The lowest BCUT2D eigenvalue weighted by molar-refractivity contribution is 0.100. The molecule has 0 saturated heterocycles. The Bertz CT molecular complexity index is 277. The lowest BCUT2D eigenvalue weighted by Gasteiger charge is -1.91. The first-order chi connectivity index (χ1) is 5.15. The van der Waals surface area contributed by atoms with Crippen LogP contribution in [-0.2, 0) is 7.05 Å². The molecule has 0 aliphatic carbocycles. The van der Waals surface area contributed by atoms with Gasteiger partial charge in [0.2, 0.25) is 0 Å². The average Bonchev–Trinajstić information content (AvgIpc) is 2.30. The van der Waals surface area contributed by atoms with E-state index < -0.39 is 0 Å². The summed E-state index contributed by atoms with van der Waals surface area (Å²) in [5.41, 5.74) is 0. The zero-order chi connectivity index (χ0) is 8.43. The van der Waals surface area contributed by atoms with E-state index in [9.17, 15) is 4.79 Å². The molecule has 11 heavy (non-hydrogen) atoms. The van der Waals surface area contributed by atoms with Crippen molar-refractivity contribution in [2.45, 2.75) is 6.92 Å². The van der Waals surface area contributed by atoms with Crippen molar-refractivity contribution in [3.63, 3.8) is 0 Å². The van der Waals surface area contributed by atoms with Crippen LogP contribution in [-0.4, -0.2) is 22.4 Å². The molecule has 0 bridgehead atoms. The topological polar surface area (TPSA) is 46.9 Å². The predicted molar refractivity (Wildman–Crippen MR) is 42.8 cm³/mol. The van der Waals surface area contributed by atoms with Crippen LogP contribution in [0.15, 0.2) is 6.20 Å². The van der Waals surface area contributed by atoms with Gasteiger partial charge < -0.3 is 9.88 Å². The van der Waals surface area contributed by atoms with Gasteiger partial charge in [0, 0.05) is 27.2 Å². The van der Waals surface area contributed by atoms with Crippen LogP contribution >= 0.6 is 0 Å². The van der Waals surface area contributed by atoms with E-state index in [-0.39, 0.29) is 5.78 Å². The van der Waals surface area contributed by atoms with Crippen LogP contribution in [0.25, 0.3) is 0 Å². The molecule has 1 heterocycles. The largest absolute Gasteiger partial charge is 0.372 e. The Morgan fingerprint density at radius 3 is 2.64 bits per heavy atom.